The number of hydrogen-bond donors (Lipinski definition) is 2. The predicted molar refractivity (Wildman–Crippen MR) is 132 cm³/mol. The molecule has 34 heavy (non-hydrogen) atoms. The van der Waals surface area contributed by atoms with Crippen molar-refractivity contribution in [1.82, 2.24) is 10.2 Å². The number of anilines is 1. The van der Waals surface area contributed by atoms with Crippen LogP contribution < -0.4 is 10.6 Å². The highest BCUT2D eigenvalue weighted by molar-refractivity contribution is 7.16. The van der Waals surface area contributed by atoms with E-state index < -0.39 is 29.9 Å². The van der Waals surface area contributed by atoms with Gasteiger partial charge in [0.05, 0.1) is 5.56 Å². The second kappa shape index (κ2) is 8.88. The summed E-state index contributed by atoms with van der Waals surface area (Å²) in [4.78, 5) is 40.8. The number of nitrogens with one attached hydrogen (secondary N) is 2. The molecule has 2 aromatic rings. The Balaban J connectivity index is 1.50. The fourth-order valence-corrected chi connectivity index (χ4v) is 5.85. The van der Waals surface area contributed by atoms with Crippen LogP contribution in [0.15, 0.2) is 24.3 Å². The molecule has 1 aliphatic heterocycles. The van der Waals surface area contributed by atoms with Gasteiger partial charge in [0.15, 0.2) is 0 Å². The maximum atomic E-state index is 13.2. The fraction of sp³-hybridized carbons (Fsp3) is 0.462. The van der Waals surface area contributed by atoms with Crippen molar-refractivity contribution in [2.24, 2.45) is 0 Å². The first kappa shape index (κ1) is 24.0. The van der Waals surface area contributed by atoms with Crippen molar-refractivity contribution in [2.45, 2.75) is 70.8 Å². The minimum absolute atomic E-state index is 0.0328. The van der Waals surface area contributed by atoms with Crippen molar-refractivity contribution in [1.29, 1.82) is 5.26 Å². The minimum Gasteiger partial charge on any atom is -0.319 e. The number of aryl methyl sites for hydroxylation is 1. The highest BCUT2D eigenvalue weighted by atomic mass is 32.1. The largest absolute Gasteiger partial charge is 0.325 e. The zero-order valence-electron chi connectivity index (χ0n) is 20.1. The molecule has 0 radical (unpaired) electrons. The van der Waals surface area contributed by atoms with Gasteiger partial charge in [-0.1, -0.05) is 51.5 Å². The van der Waals surface area contributed by atoms with Crippen molar-refractivity contribution < 1.29 is 14.4 Å². The summed E-state index contributed by atoms with van der Waals surface area (Å²) in [6.45, 7) is 7.57. The molecule has 2 heterocycles. The number of carbonyl (C=O) groups is 3. The molecule has 1 fully saturated rings. The number of nitrogens with zero attached hydrogens (tertiary/aromatic N) is 2. The summed E-state index contributed by atoms with van der Waals surface area (Å²) >= 11 is 1.43. The number of thiophene rings is 1. The second-order valence-corrected chi connectivity index (χ2v) is 11.3. The van der Waals surface area contributed by atoms with Crippen molar-refractivity contribution in [3.8, 4) is 6.07 Å². The van der Waals surface area contributed by atoms with Crippen LogP contribution in [0.25, 0.3) is 0 Å². The molecule has 4 rings (SSSR count). The Morgan fingerprint density at radius 1 is 1.18 bits per heavy atom. The van der Waals surface area contributed by atoms with Crippen LogP contribution >= 0.6 is 11.3 Å². The van der Waals surface area contributed by atoms with Crippen LogP contribution in [0.3, 0.4) is 0 Å². The lowest BCUT2D eigenvalue weighted by atomic mass is 9.84. The first-order valence-electron chi connectivity index (χ1n) is 11.6. The number of hydrogen-bond acceptors (Lipinski definition) is 5. The Hall–Kier alpha value is -3.18. The molecule has 4 amide bonds. The average molecular weight is 479 g/mol. The van der Waals surface area contributed by atoms with Crippen LogP contribution in [0.5, 0.6) is 0 Å². The van der Waals surface area contributed by atoms with Gasteiger partial charge in [0, 0.05) is 4.88 Å². The van der Waals surface area contributed by atoms with E-state index >= 15 is 0 Å². The topological polar surface area (TPSA) is 102 Å². The number of carbonyl (C=O) groups excluding carboxylic acids is 3. The third kappa shape index (κ3) is 4.32. The van der Waals surface area contributed by atoms with E-state index in [2.05, 4.69) is 37.5 Å². The molecular formula is C26H30N4O3S. The lowest BCUT2D eigenvalue weighted by Gasteiger charge is -2.24. The molecule has 1 saturated heterocycles. The van der Waals surface area contributed by atoms with Gasteiger partial charge >= 0.3 is 6.03 Å². The van der Waals surface area contributed by atoms with Gasteiger partial charge in [-0.2, -0.15) is 5.26 Å². The molecule has 0 unspecified atom stereocenters. The van der Waals surface area contributed by atoms with E-state index in [0.717, 1.165) is 53.0 Å². The highest BCUT2D eigenvalue weighted by Gasteiger charge is 2.49. The van der Waals surface area contributed by atoms with E-state index in [0.29, 0.717) is 16.1 Å². The number of rotatable bonds is 4. The summed E-state index contributed by atoms with van der Waals surface area (Å²) in [6, 6.07) is 9.24. The highest BCUT2D eigenvalue weighted by Crippen LogP contribution is 2.37. The van der Waals surface area contributed by atoms with Gasteiger partial charge in [0.25, 0.3) is 5.91 Å². The molecule has 8 heteroatoms. The van der Waals surface area contributed by atoms with Crippen LogP contribution in [0.4, 0.5) is 9.80 Å². The van der Waals surface area contributed by atoms with Crippen molar-refractivity contribution in [3.63, 3.8) is 0 Å². The fourth-order valence-electron chi connectivity index (χ4n) is 4.60. The predicted octanol–water partition coefficient (Wildman–Crippen LogP) is 4.59. The first-order valence-corrected chi connectivity index (χ1v) is 12.5. The number of benzene rings is 1. The SMILES string of the molecule is CC(C)(C)c1ccc([C@@]2(C)NC(=O)N(CC(=O)Nc3sc4c(c3C#N)CCCCC4)C2=O)cc1. The monoisotopic (exact) mass is 478 g/mol. The smallest absolute Gasteiger partial charge is 0.319 e. The van der Waals surface area contributed by atoms with Gasteiger partial charge in [0.1, 0.15) is 23.2 Å². The number of imide groups is 1. The number of amides is 4. The molecule has 1 aromatic heterocycles. The molecule has 1 aliphatic carbocycles. The minimum atomic E-state index is -1.24. The van der Waals surface area contributed by atoms with Gasteiger partial charge in [-0.05, 0) is 54.7 Å². The van der Waals surface area contributed by atoms with Crippen molar-refractivity contribution in [3.05, 3.63) is 51.4 Å². The summed E-state index contributed by atoms with van der Waals surface area (Å²) < 4.78 is 0. The van der Waals surface area contributed by atoms with Crippen LogP contribution in [-0.2, 0) is 33.4 Å². The standard InChI is InChI=1S/C26H30N4O3S/c1-25(2,3)16-10-12-17(13-11-16)26(4)23(32)30(24(33)29-26)15-21(31)28-22-19(14-27)18-8-6-5-7-9-20(18)34-22/h10-13H,5-9,15H2,1-4H3,(H,28,31)(H,29,33)/t26-/m1/s1. The lowest BCUT2D eigenvalue weighted by Crippen LogP contribution is -2.42. The first-order chi connectivity index (χ1) is 16.0. The summed E-state index contributed by atoms with van der Waals surface area (Å²) in [5.41, 5.74) is 2.05. The van der Waals surface area contributed by atoms with Gasteiger partial charge in [-0.25, -0.2) is 4.79 Å². The maximum absolute atomic E-state index is 13.2. The Bertz CT molecular complexity index is 1190. The average Bonchev–Trinajstić information content (AvgIpc) is 3.08. The van der Waals surface area contributed by atoms with E-state index in [1.807, 2.05) is 24.3 Å². The molecule has 1 atom stereocenters. The molecule has 0 saturated carbocycles. The molecule has 2 aliphatic rings. The normalized spacial score (nSPS) is 20.4. The molecular weight excluding hydrogens is 448 g/mol. The molecule has 0 spiro atoms. The van der Waals surface area contributed by atoms with Crippen molar-refractivity contribution >= 4 is 34.2 Å². The summed E-state index contributed by atoms with van der Waals surface area (Å²) in [7, 11) is 0. The van der Waals surface area contributed by atoms with E-state index in [1.54, 1.807) is 6.92 Å². The number of fused-ring (bicyclic) bond motifs is 1. The van der Waals surface area contributed by atoms with Crippen molar-refractivity contribution in [2.75, 3.05) is 11.9 Å². The van der Waals surface area contributed by atoms with E-state index in [-0.39, 0.29) is 5.41 Å². The molecule has 1 aromatic carbocycles. The van der Waals surface area contributed by atoms with E-state index in [4.69, 9.17) is 0 Å². The quantitative estimate of drug-likeness (QED) is 0.495. The summed E-state index contributed by atoms with van der Waals surface area (Å²) in [6.07, 6.45) is 4.98. The van der Waals surface area contributed by atoms with Gasteiger partial charge in [-0.3, -0.25) is 14.5 Å². The summed E-state index contributed by atoms with van der Waals surface area (Å²) in [5.74, 6) is -0.970. The number of urea groups is 1. The van der Waals surface area contributed by atoms with Gasteiger partial charge in [0.2, 0.25) is 5.91 Å². The van der Waals surface area contributed by atoms with Gasteiger partial charge in [-0.15, -0.1) is 11.3 Å². The Morgan fingerprint density at radius 2 is 1.85 bits per heavy atom. The zero-order chi connectivity index (χ0) is 24.7. The lowest BCUT2D eigenvalue weighted by molar-refractivity contribution is -0.133. The Kier molecular flexibility index (Phi) is 6.26. The van der Waals surface area contributed by atoms with Gasteiger partial charge < -0.3 is 10.6 Å². The molecule has 2 N–H and O–H groups in total. The van der Waals surface area contributed by atoms with Crippen LogP contribution in [0, 0.1) is 11.3 Å². The molecule has 7 nitrogen and oxygen atoms in total. The van der Waals surface area contributed by atoms with E-state index in [9.17, 15) is 19.6 Å². The summed E-state index contributed by atoms with van der Waals surface area (Å²) in [5, 5.41) is 15.7. The third-order valence-electron chi connectivity index (χ3n) is 6.69. The Labute approximate surface area is 204 Å². The number of nitriles is 1. The van der Waals surface area contributed by atoms with E-state index in [1.165, 1.54) is 11.3 Å². The third-order valence-corrected chi connectivity index (χ3v) is 7.90. The zero-order valence-corrected chi connectivity index (χ0v) is 20.9. The maximum Gasteiger partial charge on any atom is 0.325 e. The van der Waals surface area contributed by atoms with Crippen LogP contribution in [0.1, 0.15) is 74.1 Å². The molecule has 178 valence electrons. The second-order valence-electron chi connectivity index (χ2n) is 10.2. The molecule has 0 bridgehead atoms. The van der Waals surface area contributed by atoms with Crippen LogP contribution in [-0.4, -0.2) is 29.3 Å². The Morgan fingerprint density at radius 3 is 2.50 bits per heavy atom. The van der Waals surface area contributed by atoms with Crippen LogP contribution in [0.2, 0.25) is 0 Å².